The Labute approximate surface area is 102 Å². The van der Waals surface area contributed by atoms with Gasteiger partial charge in [0.1, 0.15) is 5.82 Å². The van der Waals surface area contributed by atoms with Crippen LogP contribution in [0.3, 0.4) is 0 Å². The minimum Gasteiger partial charge on any atom is -0.388 e. The third-order valence-corrected chi connectivity index (χ3v) is 3.08. The number of halogens is 1. The molecule has 0 aliphatic carbocycles. The van der Waals surface area contributed by atoms with Crippen LogP contribution in [0.25, 0.3) is 0 Å². The molecule has 0 saturated carbocycles. The molecule has 0 aliphatic heterocycles. The summed E-state index contributed by atoms with van der Waals surface area (Å²) in [5.74, 6) is -0.349. The second-order valence-electron chi connectivity index (χ2n) is 5.04. The van der Waals surface area contributed by atoms with Crippen LogP contribution in [0.5, 0.6) is 0 Å². The summed E-state index contributed by atoms with van der Waals surface area (Å²) >= 11 is 0. The molecule has 0 spiro atoms. The molecule has 0 aromatic heterocycles. The van der Waals surface area contributed by atoms with Gasteiger partial charge in [-0.05, 0) is 39.7 Å². The zero-order chi connectivity index (χ0) is 13.1. The average molecular weight is 240 g/mol. The summed E-state index contributed by atoms with van der Waals surface area (Å²) in [5.41, 5.74) is 1.03. The van der Waals surface area contributed by atoms with E-state index in [-0.39, 0.29) is 11.4 Å². The van der Waals surface area contributed by atoms with Crippen LogP contribution in [0.15, 0.2) is 18.2 Å². The second kappa shape index (κ2) is 5.61. The summed E-state index contributed by atoms with van der Waals surface area (Å²) in [4.78, 5) is 0. The third-order valence-electron chi connectivity index (χ3n) is 3.08. The van der Waals surface area contributed by atoms with E-state index in [9.17, 15) is 9.50 Å². The zero-order valence-electron chi connectivity index (χ0n) is 11.0. The fourth-order valence-electron chi connectivity index (χ4n) is 1.66. The molecule has 3 heteroatoms. The Morgan fingerprint density at radius 3 is 2.65 bits per heavy atom. The summed E-state index contributed by atoms with van der Waals surface area (Å²) in [5, 5.41) is 9.99. The fraction of sp³-hybridized carbons (Fsp3) is 0.571. The predicted octanol–water partition coefficient (Wildman–Crippen LogP) is 3.37. The van der Waals surface area contributed by atoms with E-state index in [2.05, 4.69) is 0 Å². The third kappa shape index (κ3) is 4.10. The van der Waals surface area contributed by atoms with Gasteiger partial charge in [0, 0.05) is 12.7 Å². The summed E-state index contributed by atoms with van der Waals surface area (Å²) in [6.07, 6.45) is 0.392. The maximum atomic E-state index is 13.5. The first-order chi connectivity index (χ1) is 7.85. The Hall–Kier alpha value is -0.930. The summed E-state index contributed by atoms with van der Waals surface area (Å²) in [6.45, 7) is 5.79. The summed E-state index contributed by atoms with van der Waals surface area (Å²) in [7, 11) is 1.64. The van der Waals surface area contributed by atoms with E-state index in [0.29, 0.717) is 18.4 Å². The van der Waals surface area contributed by atoms with E-state index >= 15 is 0 Å². The van der Waals surface area contributed by atoms with Crippen molar-refractivity contribution in [3.05, 3.63) is 35.1 Å². The first-order valence-electron chi connectivity index (χ1n) is 5.85. The molecule has 1 rings (SSSR count). The number of methoxy groups -OCH3 is 1. The van der Waals surface area contributed by atoms with E-state index < -0.39 is 6.10 Å². The van der Waals surface area contributed by atoms with Gasteiger partial charge in [-0.3, -0.25) is 0 Å². The lowest BCUT2D eigenvalue weighted by Crippen LogP contribution is -2.23. The molecule has 17 heavy (non-hydrogen) atoms. The smallest absolute Gasteiger partial charge is 0.129 e. The van der Waals surface area contributed by atoms with Gasteiger partial charge in [-0.15, -0.1) is 0 Å². The quantitative estimate of drug-likeness (QED) is 0.855. The maximum Gasteiger partial charge on any atom is 0.129 e. The lowest BCUT2D eigenvalue weighted by molar-refractivity contribution is 0.00247. The van der Waals surface area contributed by atoms with Crippen molar-refractivity contribution in [2.75, 3.05) is 7.11 Å². The molecule has 1 aromatic rings. The maximum absolute atomic E-state index is 13.5. The molecule has 0 aliphatic rings. The summed E-state index contributed by atoms with van der Waals surface area (Å²) in [6, 6.07) is 4.79. The monoisotopic (exact) mass is 240 g/mol. The molecular weight excluding hydrogens is 219 g/mol. The SMILES string of the molecule is COC(C)(C)CCC(O)c1cc(C)ccc1F. The summed E-state index contributed by atoms with van der Waals surface area (Å²) < 4.78 is 18.8. The van der Waals surface area contributed by atoms with Crippen LogP contribution in [-0.2, 0) is 4.74 Å². The van der Waals surface area contributed by atoms with Gasteiger partial charge in [-0.25, -0.2) is 4.39 Å². The van der Waals surface area contributed by atoms with Crippen LogP contribution in [-0.4, -0.2) is 17.8 Å². The second-order valence-corrected chi connectivity index (χ2v) is 5.04. The highest BCUT2D eigenvalue weighted by atomic mass is 19.1. The lowest BCUT2D eigenvalue weighted by Gasteiger charge is -2.24. The van der Waals surface area contributed by atoms with E-state index in [1.165, 1.54) is 6.07 Å². The van der Waals surface area contributed by atoms with Crippen LogP contribution in [0.1, 0.15) is 43.9 Å². The van der Waals surface area contributed by atoms with Gasteiger partial charge in [-0.2, -0.15) is 0 Å². The number of benzene rings is 1. The van der Waals surface area contributed by atoms with Crippen LogP contribution in [0.4, 0.5) is 4.39 Å². The number of hydrogen-bond acceptors (Lipinski definition) is 2. The van der Waals surface area contributed by atoms with Crippen LogP contribution in [0.2, 0.25) is 0 Å². The molecular formula is C14H21FO2. The van der Waals surface area contributed by atoms with Crippen LogP contribution < -0.4 is 0 Å². The van der Waals surface area contributed by atoms with E-state index in [0.717, 1.165) is 5.56 Å². The van der Waals surface area contributed by atoms with E-state index in [4.69, 9.17) is 4.74 Å². The highest BCUT2D eigenvalue weighted by molar-refractivity contribution is 5.25. The average Bonchev–Trinajstić information content (AvgIpc) is 2.29. The number of aryl methyl sites for hydroxylation is 1. The molecule has 96 valence electrons. The Kier molecular flexibility index (Phi) is 4.66. The standard InChI is InChI=1S/C14H21FO2/c1-10-5-6-12(15)11(9-10)13(16)7-8-14(2,3)17-4/h5-6,9,13,16H,7-8H2,1-4H3. The fourth-order valence-corrected chi connectivity index (χ4v) is 1.66. The van der Waals surface area contributed by atoms with Gasteiger partial charge < -0.3 is 9.84 Å². The van der Waals surface area contributed by atoms with E-state index in [1.807, 2.05) is 20.8 Å². The van der Waals surface area contributed by atoms with E-state index in [1.54, 1.807) is 19.2 Å². The van der Waals surface area contributed by atoms with Gasteiger partial charge in [0.2, 0.25) is 0 Å². The molecule has 0 radical (unpaired) electrons. The molecule has 0 fully saturated rings. The lowest BCUT2D eigenvalue weighted by atomic mass is 9.96. The number of hydrogen-bond donors (Lipinski definition) is 1. The van der Waals surface area contributed by atoms with Gasteiger partial charge in [0.05, 0.1) is 11.7 Å². The molecule has 0 bridgehead atoms. The molecule has 0 heterocycles. The molecule has 1 unspecified atom stereocenters. The van der Waals surface area contributed by atoms with Gasteiger partial charge in [0.15, 0.2) is 0 Å². The Morgan fingerprint density at radius 2 is 2.06 bits per heavy atom. The minimum atomic E-state index is -0.774. The Balaban J connectivity index is 2.70. The number of rotatable bonds is 5. The Morgan fingerprint density at radius 1 is 1.41 bits per heavy atom. The molecule has 1 N–H and O–H groups in total. The molecule has 0 amide bonds. The van der Waals surface area contributed by atoms with Crippen molar-refractivity contribution in [3.63, 3.8) is 0 Å². The highest BCUT2D eigenvalue weighted by Gasteiger charge is 2.20. The van der Waals surface area contributed by atoms with Crippen molar-refractivity contribution < 1.29 is 14.2 Å². The number of ether oxygens (including phenoxy) is 1. The van der Waals surface area contributed by atoms with Crippen LogP contribution >= 0.6 is 0 Å². The van der Waals surface area contributed by atoms with Crippen molar-refractivity contribution in [1.82, 2.24) is 0 Å². The van der Waals surface area contributed by atoms with Gasteiger partial charge in [0.25, 0.3) is 0 Å². The van der Waals surface area contributed by atoms with Gasteiger partial charge in [-0.1, -0.05) is 17.7 Å². The topological polar surface area (TPSA) is 29.5 Å². The zero-order valence-corrected chi connectivity index (χ0v) is 11.0. The minimum absolute atomic E-state index is 0.290. The Bertz CT molecular complexity index is 374. The van der Waals surface area contributed by atoms with Crippen molar-refractivity contribution >= 4 is 0 Å². The van der Waals surface area contributed by atoms with Crippen molar-refractivity contribution in [3.8, 4) is 0 Å². The molecule has 1 atom stereocenters. The van der Waals surface area contributed by atoms with Crippen molar-refractivity contribution in [1.29, 1.82) is 0 Å². The first-order valence-corrected chi connectivity index (χ1v) is 5.85. The molecule has 2 nitrogen and oxygen atoms in total. The largest absolute Gasteiger partial charge is 0.388 e. The number of aliphatic hydroxyl groups is 1. The number of aliphatic hydroxyl groups excluding tert-OH is 1. The van der Waals surface area contributed by atoms with Gasteiger partial charge >= 0.3 is 0 Å². The molecule has 1 aromatic carbocycles. The molecule has 0 saturated heterocycles. The van der Waals surface area contributed by atoms with Crippen LogP contribution in [0, 0.1) is 12.7 Å². The van der Waals surface area contributed by atoms with Crippen molar-refractivity contribution in [2.24, 2.45) is 0 Å². The predicted molar refractivity (Wildman–Crippen MR) is 66.4 cm³/mol. The van der Waals surface area contributed by atoms with Crippen molar-refractivity contribution in [2.45, 2.75) is 45.3 Å². The normalized spacial score (nSPS) is 13.8. The first kappa shape index (κ1) is 14.1. The highest BCUT2D eigenvalue weighted by Crippen LogP contribution is 2.26.